The summed E-state index contributed by atoms with van der Waals surface area (Å²) in [6, 6.07) is 2.45. The van der Waals surface area contributed by atoms with Crippen molar-refractivity contribution in [3.05, 3.63) is 23.9 Å². The molecule has 1 aromatic rings. The topological polar surface area (TPSA) is 88.5 Å². The molecule has 0 fully saturated rings. The molecule has 9 heteroatoms. The second kappa shape index (κ2) is 8.20. The normalized spacial score (nSPS) is 11.0. The van der Waals surface area contributed by atoms with E-state index < -0.39 is 24.7 Å². The summed E-state index contributed by atoms with van der Waals surface area (Å²) in [5, 5.41) is 11.0. The first-order valence-electron chi connectivity index (χ1n) is 6.43. The molecule has 22 heavy (non-hydrogen) atoms. The number of amides is 1. The van der Waals surface area contributed by atoms with Crippen LogP contribution in [0.1, 0.15) is 29.6 Å². The summed E-state index contributed by atoms with van der Waals surface area (Å²) in [7, 11) is 0. The number of carboxylic acid groups (broad SMARTS) is 1. The van der Waals surface area contributed by atoms with E-state index in [1.807, 2.05) is 0 Å². The van der Waals surface area contributed by atoms with Crippen LogP contribution in [0.3, 0.4) is 0 Å². The summed E-state index contributed by atoms with van der Waals surface area (Å²) in [4.78, 5) is 25.6. The lowest BCUT2D eigenvalue weighted by Gasteiger charge is -2.09. The van der Waals surface area contributed by atoms with Gasteiger partial charge in [-0.1, -0.05) is 0 Å². The number of hydrogen-bond donors (Lipinski definition) is 2. The van der Waals surface area contributed by atoms with Gasteiger partial charge in [-0.15, -0.1) is 0 Å². The van der Waals surface area contributed by atoms with Crippen molar-refractivity contribution in [1.29, 1.82) is 0 Å². The number of nitrogens with one attached hydrogen (secondary N) is 1. The minimum Gasteiger partial charge on any atom is -0.481 e. The zero-order valence-corrected chi connectivity index (χ0v) is 11.5. The fraction of sp³-hybridized carbons (Fsp3) is 0.462. The zero-order chi connectivity index (χ0) is 16.6. The molecule has 0 bridgehead atoms. The monoisotopic (exact) mass is 320 g/mol. The van der Waals surface area contributed by atoms with Crippen LogP contribution >= 0.6 is 0 Å². The number of aliphatic carboxylic acids is 1. The van der Waals surface area contributed by atoms with Crippen molar-refractivity contribution in [1.82, 2.24) is 10.3 Å². The molecule has 6 nitrogen and oxygen atoms in total. The Morgan fingerprint density at radius 3 is 2.68 bits per heavy atom. The molecule has 0 spiro atoms. The maximum absolute atomic E-state index is 12.0. The van der Waals surface area contributed by atoms with Gasteiger partial charge in [0.05, 0.1) is 0 Å². The van der Waals surface area contributed by atoms with Gasteiger partial charge < -0.3 is 15.2 Å². The van der Waals surface area contributed by atoms with E-state index in [1.54, 1.807) is 0 Å². The molecule has 0 aromatic carbocycles. The third-order valence-corrected chi connectivity index (χ3v) is 2.48. The smallest absolute Gasteiger partial charge is 0.422 e. The molecule has 0 saturated heterocycles. The molecule has 122 valence electrons. The Labute approximate surface area is 124 Å². The van der Waals surface area contributed by atoms with Crippen molar-refractivity contribution in [2.24, 2.45) is 0 Å². The van der Waals surface area contributed by atoms with Gasteiger partial charge in [-0.25, -0.2) is 4.98 Å². The van der Waals surface area contributed by atoms with Crippen molar-refractivity contribution < 1.29 is 32.6 Å². The lowest BCUT2D eigenvalue weighted by Crippen LogP contribution is -2.25. The number of hydrogen-bond acceptors (Lipinski definition) is 4. The van der Waals surface area contributed by atoms with Crippen molar-refractivity contribution in [3.63, 3.8) is 0 Å². The first-order valence-corrected chi connectivity index (χ1v) is 6.43. The van der Waals surface area contributed by atoms with Crippen molar-refractivity contribution in [2.45, 2.75) is 25.4 Å². The zero-order valence-electron chi connectivity index (χ0n) is 11.5. The largest absolute Gasteiger partial charge is 0.481 e. The van der Waals surface area contributed by atoms with Gasteiger partial charge in [0.1, 0.15) is 0 Å². The Kier molecular flexibility index (Phi) is 6.61. The lowest BCUT2D eigenvalue weighted by atomic mass is 10.2. The van der Waals surface area contributed by atoms with Crippen molar-refractivity contribution in [2.75, 3.05) is 13.2 Å². The number of carbonyl (C=O) groups excluding carboxylic acids is 1. The highest BCUT2D eigenvalue weighted by molar-refractivity contribution is 5.94. The number of carbonyl (C=O) groups is 2. The maximum atomic E-state index is 12.0. The average Bonchev–Trinajstić information content (AvgIpc) is 2.44. The minimum atomic E-state index is -4.48. The van der Waals surface area contributed by atoms with Gasteiger partial charge in [-0.3, -0.25) is 9.59 Å². The molecule has 0 saturated carbocycles. The number of alkyl halides is 3. The van der Waals surface area contributed by atoms with Gasteiger partial charge in [0.2, 0.25) is 5.88 Å². The first-order chi connectivity index (χ1) is 10.3. The summed E-state index contributed by atoms with van der Waals surface area (Å²) in [5.41, 5.74) is 0.116. The van der Waals surface area contributed by atoms with E-state index in [2.05, 4.69) is 15.0 Å². The van der Waals surface area contributed by atoms with E-state index in [0.29, 0.717) is 12.8 Å². The molecule has 1 rings (SSSR count). The fourth-order valence-electron chi connectivity index (χ4n) is 1.49. The van der Waals surface area contributed by atoms with E-state index in [0.717, 1.165) is 6.07 Å². The Morgan fingerprint density at radius 2 is 2.05 bits per heavy atom. The highest BCUT2D eigenvalue weighted by Crippen LogP contribution is 2.17. The second-order valence-corrected chi connectivity index (χ2v) is 4.39. The summed E-state index contributed by atoms with van der Waals surface area (Å²) >= 11 is 0. The van der Waals surface area contributed by atoms with Crippen LogP contribution in [0.25, 0.3) is 0 Å². The summed E-state index contributed by atoms with van der Waals surface area (Å²) in [6.45, 7) is -1.21. The van der Waals surface area contributed by atoms with Crippen LogP contribution in [0, 0.1) is 0 Å². The number of ether oxygens (including phenoxy) is 1. The SMILES string of the molecule is O=C(O)CCCCNC(=O)c1ccnc(OCC(F)(F)F)c1. The molecule has 1 aromatic heterocycles. The summed E-state index contributed by atoms with van der Waals surface area (Å²) in [5.74, 6) is -1.70. The minimum absolute atomic E-state index is 0.0144. The number of halogens is 3. The highest BCUT2D eigenvalue weighted by Gasteiger charge is 2.28. The number of unbranched alkanes of at least 4 members (excludes halogenated alkanes) is 1. The maximum Gasteiger partial charge on any atom is 0.422 e. The number of carboxylic acids is 1. The Morgan fingerprint density at radius 1 is 1.32 bits per heavy atom. The third kappa shape index (κ3) is 7.46. The van der Waals surface area contributed by atoms with E-state index >= 15 is 0 Å². The van der Waals surface area contributed by atoms with Gasteiger partial charge >= 0.3 is 12.1 Å². The first kappa shape index (κ1) is 17.7. The number of aromatic nitrogens is 1. The third-order valence-electron chi connectivity index (χ3n) is 2.48. The van der Waals surface area contributed by atoms with E-state index in [-0.39, 0.29) is 24.4 Å². The van der Waals surface area contributed by atoms with Gasteiger partial charge in [0.25, 0.3) is 5.91 Å². The van der Waals surface area contributed by atoms with Crippen LogP contribution in [0.2, 0.25) is 0 Å². The molecular formula is C13H15F3N2O4. The predicted octanol–water partition coefficient (Wildman–Crippen LogP) is 2.01. The van der Waals surface area contributed by atoms with Crippen LogP contribution in [0.5, 0.6) is 5.88 Å². The van der Waals surface area contributed by atoms with Gasteiger partial charge in [0, 0.05) is 30.8 Å². The van der Waals surface area contributed by atoms with Crippen molar-refractivity contribution in [3.8, 4) is 5.88 Å². The molecule has 0 atom stereocenters. The quantitative estimate of drug-likeness (QED) is 0.715. The highest BCUT2D eigenvalue weighted by atomic mass is 19.4. The van der Waals surface area contributed by atoms with Crippen molar-refractivity contribution >= 4 is 11.9 Å². The molecule has 0 aliphatic heterocycles. The Hall–Kier alpha value is -2.32. The van der Waals surface area contributed by atoms with Crippen LogP contribution in [-0.4, -0.2) is 41.3 Å². The molecular weight excluding hydrogens is 305 g/mol. The molecule has 0 unspecified atom stereocenters. The lowest BCUT2D eigenvalue weighted by molar-refractivity contribution is -0.154. The van der Waals surface area contributed by atoms with Gasteiger partial charge in [0.15, 0.2) is 6.61 Å². The van der Waals surface area contributed by atoms with Gasteiger partial charge in [-0.2, -0.15) is 13.2 Å². The standard InChI is InChI=1S/C13H15F3N2O4/c14-13(15,16)8-22-10-7-9(4-6-17-10)12(21)18-5-2-1-3-11(19)20/h4,6-7H,1-3,5,8H2,(H,18,21)(H,19,20). The molecule has 0 aliphatic rings. The number of rotatable bonds is 8. The van der Waals surface area contributed by atoms with Gasteiger partial charge in [-0.05, 0) is 18.9 Å². The molecule has 0 aliphatic carbocycles. The molecule has 0 radical (unpaired) electrons. The second-order valence-electron chi connectivity index (χ2n) is 4.39. The average molecular weight is 320 g/mol. The predicted molar refractivity (Wildman–Crippen MR) is 69.6 cm³/mol. The van der Waals surface area contributed by atoms with E-state index in [4.69, 9.17) is 5.11 Å². The number of pyridine rings is 1. The Bertz CT molecular complexity index is 520. The fourth-order valence-corrected chi connectivity index (χ4v) is 1.49. The number of nitrogens with zero attached hydrogens (tertiary/aromatic N) is 1. The summed E-state index contributed by atoms with van der Waals surface area (Å²) < 4.78 is 40.5. The van der Waals surface area contributed by atoms with Crippen LogP contribution < -0.4 is 10.1 Å². The molecule has 2 N–H and O–H groups in total. The Balaban J connectivity index is 2.43. The van der Waals surface area contributed by atoms with E-state index in [1.165, 1.54) is 12.3 Å². The molecule has 1 heterocycles. The molecule has 1 amide bonds. The van der Waals surface area contributed by atoms with Crippen LogP contribution in [-0.2, 0) is 4.79 Å². The summed E-state index contributed by atoms with van der Waals surface area (Å²) in [6.07, 6.45) is -2.39. The van der Waals surface area contributed by atoms with Crippen LogP contribution in [0.15, 0.2) is 18.3 Å². The van der Waals surface area contributed by atoms with Crippen LogP contribution in [0.4, 0.5) is 13.2 Å². The van der Waals surface area contributed by atoms with E-state index in [9.17, 15) is 22.8 Å².